The second kappa shape index (κ2) is 4.98. The Kier molecular flexibility index (Phi) is 3.57. The normalized spacial score (nSPS) is 12.2. The fourth-order valence-corrected chi connectivity index (χ4v) is 3.76. The molecule has 0 saturated carbocycles. The minimum Gasteiger partial charge on any atom is -0.462 e. The Bertz CT molecular complexity index is 544. The number of furan rings is 1. The summed E-state index contributed by atoms with van der Waals surface area (Å²) in [6, 6.07) is 12.5. The summed E-state index contributed by atoms with van der Waals surface area (Å²) in [5.74, 6) is 2.02. The van der Waals surface area contributed by atoms with Gasteiger partial charge >= 0.3 is 0 Å². The Morgan fingerprint density at radius 2 is 1.67 bits per heavy atom. The van der Waals surface area contributed by atoms with Gasteiger partial charge in [0.05, 0.1) is 8.07 Å². The van der Waals surface area contributed by atoms with Crippen molar-refractivity contribution in [3.8, 4) is 0 Å². The maximum Gasteiger partial charge on any atom is 0.126 e. The van der Waals surface area contributed by atoms with Crippen LogP contribution in [-0.2, 0) is 0 Å². The van der Waals surface area contributed by atoms with Crippen molar-refractivity contribution >= 4 is 25.4 Å². The highest BCUT2D eigenvalue weighted by molar-refractivity contribution is 6.89. The van der Waals surface area contributed by atoms with Crippen LogP contribution < -0.4 is 5.19 Å². The molecule has 0 atom stereocenters. The molecule has 0 N–H and O–H groups in total. The Morgan fingerprint density at radius 1 is 1.00 bits per heavy atom. The second-order valence-electron chi connectivity index (χ2n) is 5.61. The van der Waals surface area contributed by atoms with Crippen LogP contribution >= 0.6 is 0 Å². The summed E-state index contributed by atoms with van der Waals surface area (Å²) < 4.78 is 5.81. The Hall–Kier alpha value is -1.54. The summed E-state index contributed by atoms with van der Waals surface area (Å²) in [5, 5.41) is 1.41. The average molecular weight is 256 g/mol. The Morgan fingerprint density at radius 3 is 2.22 bits per heavy atom. The molecular formula is C16H20OSi. The first-order chi connectivity index (χ1) is 8.47. The van der Waals surface area contributed by atoms with Gasteiger partial charge in [-0.05, 0) is 29.8 Å². The van der Waals surface area contributed by atoms with E-state index >= 15 is 0 Å². The van der Waals surface area contributed by atoms with Crippen LogP contribution in [0.4, 0.5) is 0 Å². The third kappa shape index (κ3) is 3.02. The van der Waals surface area contributed by atoms with E-state index in [0.29, 0.717) is 0 Å². The van der Waals surface area contributed by atoms with Gasteiger partial charge in [0.25, 0.3) is 0 Å². The molecule has 2 rings (SSSR count). The number of benzene rings is 1. The van der Waals surface area contributed by atoms with E-state index in [2.05, 4.69) is 50.8 Å². The SMILES string of the molecule is Cc1oc(/C=C/c2ccccc2)cc1[Si](C)(C)C. The number of rotatable bonds is 3. The lowest BCUT2D eigenvalue weighted by Crippen LogP contribution is -2.38. The molecule has 2 aromatic rings. The summed E-state index contributed by atoms with van der Waals surface area (Å²) in [5.41, 5.74) is 1.20. The quantitative estimate of drug-likeness (QED) is 0.746. The van der Waals surface area contributed by atoms with Gasteiger partial charge in [0, 0.05) is 0 Å². The van der Waals surface area contributed by atoms with Crippen molar-refractivity contribution in [1.29, 1.82) is 0 Å². The van der Waals surface area contributed by atoms with Crippen LogP contribution in [-0.4, -0.2) is 8.07 Å². The fourth-order valence-electron chi connectivity index (χ4n) is 2.07. The van der Waals surface area contributed by atoms with Gasteiger partial charge in [0.15, 0.2) is 0 Å². The van der Waals surface area contributed by atoms with Gasteiger partial charge < -0.3 is 4.42 Å². The average Bonchev–Trinajstić information content (AvgIpc) is 2.69. The lowest BCUT2D eigenvalue weighted by Gasteiger charge is -2.13. The number of hydrogen-bond donors (Lipinski definition) is 0. The Balaban J connectivity index is 2.24. The van der Waals surface area contributed by atoms with Crippen LogP contribution in [0.2, 0.25) is 19.6 Å². The molecule has 0 fully saturated rings. The van der Waals surface area contributed by atoms with Crippen molar-refractivity contribution in [2.45, 2.75) is 26.6 Å². The van der Waals surface area contributed by atoms with Crippen molar-refractivity contribution in [2.24, 2.45) is 0 Å². The molecule has 0 aliphatic heterocycles. The first-order valence-electron chi connectivity index (χ1n) is 6.31. The molecule has 1 aromatic carbocycles. The molecule has 0 aliphatic carbocycles. The number of hydrogen-bond acceptors (Lipinski definition) is 1. The van der Waals surface area contributed by atoms with E-state index in [1.807, 2.05) is 24.3 Å². The third-order valence-corrected chi connectivity index (χ3v) is 5.10. The first-order valence-corrected chi connectivity index (χ1v) is 9.81. The Labute approximate surface area is 110 Å². The molecule has 0 aliphatic rings. The van der Waals surface area contributed by atoms with E-state index in [-0.39, 0.29) is 0 Å². The van der Waals surface area contributed by atoms with Gasteiger partial charge in [-0.2, -0.15) is 0 Å². The molecule has 0 unspecified atom stereocenters. The van der Waals surface area contributed by atoms with E-state index in [1.165, 1.54) is 10.8 Å². The van der Waals surface area contributed by atoms with Crippen LogP contribution in [0.3, 0.4) is 0 Å². The van der Waals surface area contributed by atoms with Gasteiger partial charge in [0.1, 0.15) is 11.5 Å². The van der Waals surface area contributed by atoms with Crippen molar-refractivity contribution in [3.63, 3.8) is 0 Å². The van der Waals surface area contributed by atoms with Crippen LogP contribution in [0, 0.1) is 6.92 Å². The molecule has 0 spiro atoms. The van der Waals surface area contributed by atoms with Crippen molar-refractivity contribution in [2.75, 3.05) is 0 Å². The molecule has 94 valence electrons. The zero-order valence-corrected chi connectivity index (χ0v) is 12.5. The van der Waals surface area contributed by atoms with Crippen molar-refractivity contribution in [3.05, 3.63) is 53.5 Å². The summed E-state index contributed by atoms with van der Waals surface area (Å²) in [6.45, 7) is 9.09. The smallest absolute Gasteiger partial charge is 0.126 e. The standard InChI is InChI=1S/C16H20OSi/c1-13-16(18(2,3)4)12-15(17-13)11-10-14-8-6-5-7-9-14/h5-12H,1-4H3/b11-10+. The molecule has 2 heteroatoms. The molecular weight excluding hydrogens is 236 g/mol. The van der Waals surface area contributed by atoms with Crippen LogP contribution in [0.5, 0.6) is 0 Å². The highest BCUT2D eigenvalue weighted by atomic mass is 28.3. The minimum absolute atomic E-state index is 0.953. The van der Waals surface area contributed by atoms with Gasteiger partial charge in [0.2, 0.25) is 0 Å². The van der Waals surface area contributed by atoms with Gasteiger partial charge in [-0.1, -0.05) is 56.0 Å². The third-order valence-electron chi connectivity index (χ3n) is 2.98. The molecule has 1 aromatic heterocycles. The predicted octanol–water partition coefficient (Wildman–Crippen LogP) is 4.30. The highest BCUT2D eigenvalue weighted by Crippen LogP contribution is 2.14. The largest absolute Gasteiger partial charge is 0.462 e. The summed E-state index contributed by atoms with van der Waals surface area (Å²) in [6.07, 6.45) is 4.14. The number of aryl methyl sites for hydroxylation is 1. The molecule has 1 nitrogen and oxygen atoms in total. The topological polar surface area (TPSA) is 13.1 Å². The zero-order valence-electron chi connectivity index (χ0n) is 11.5. The summed E-state index contributed by atoms with van der Waals surface area (Å²) >= 11 is 0. The molecule has 0 amide bonds. The van der Waals surface area contributed by atoms with E-state index in [1.54, 1.807) is 0 Å². The van der Waals surface area contributed by atoms with Crippen LogP contribution in [0.25, 0.3) is 12.2 Å². The summed E-state index contributed by atoms with van der Waals surface area (Å²) in [4.78, 5) is 0. The molecule has 0 bridgehead atoms. The minimum atomic E-state index is -1.29. The molecule has 1 heterocycles. The molecule has 0 saturated heterocycles. The van der Waals surface area contributed by atoms with Gasteiger partial charge in [-0.25, -0.2) is 0 Å². The van der Waals surface area contributed by atoms with Crippen LogP contribution in [0.15, 0.2) is 40.8 Å². The van der Waals surface area contributed by atoms with E-state index in [4.69, 9.17) is 4.42 Å². The maximum absolute atomic E-state index is 5.81. The highest BCUT2D eigenvalue weighted by Gasteiger charge is 2.21. The predicted molar refractivity (Wildman–Crippen MR) is 81.8 cm³/mol. The van der Waals surface area contributed by atoms with E-state index in [9.17, 15) is 0 Å². The van der Waals surface area contributed by atoms with Crippen molar-refractivity contribution < 1.29 is 4.42 Å². The second-order valence-corrected chi connectivity index (χ2v) is 10.7. The maximum atomic E-state index is 5.81. The lowest BCUT2D eigenvalue weighted by molar-refractivity contribution is 0.527. The van der Waals surface area contributed by atoms with Gasteiger partial charge in [-0.3, -0.25) is 0 Å². The van der Waals surface area contributed by atoms with Crippen LogP contribution in [0.1, 0.15) is 17.1 Å². The van der Waals surface area contributed by atoms with Crippen molar-refractivity contribution in [1.82, 2.24) is 0 Å². The molecule has 18 heavy (non-hydrogen) atoms. The van der Waals surface area contributed by atoms with E-state index < -0.39 is 8.07 Å². The van der Waals surface area contributed by atoms with Gasteiger partial charge in [-0.15, -0.1) is 0 Å². The monoisotopic (exact) mass is 256 g/mol. The fraction of sp³-hybridized carbons (Fsp3) is 0.250. The first kappa shape index (κ1) is 12.9. The van der Waals surface area contributed by atoms with E-state index in [0.717, 1.165) is 11.5 Å². The molecule has 0 radical (unpaired) electrons. The summed E-state index contributed by atoms with van der Waals surface area (Å²) in [7, 11) is -1.29. The zero-order chi connectivity index (χ0) is 13.2. The lowest BCUT2D eigenvalue weighted by atomic mass is 10.2.